The zero-order valence-electron chi connectivity index (χ0n) is 40.5. The van der Waals surface area contributed by atoms with Crippen LogP contribution in [0.3, 0.4) is 0 Å². The maximum atomic E-state index is 13.0. The Labute approximate surface area is 398 Å². The molecule has 0 bridgehead atoms. The number of aliphatic hydroxyl groups excluding tert-OH is 9. The SMILES string of the molecule is CO[C@]1(CC[C@@H](C)COC(C)=O)OC2CC3C4CCC5C[C@@H](O[C@@H]6O[C@H](CO)[C@@H](O[C@@H]7O[C@H](CO)[C@@H](O)[C@H](O)[C@H]7O)[C@H](O)[C@H]6O[C@@H]6O[C@@H](C)[C@H](O)[C@@H](O)[C@H]6O)CC[C@]5(C)C4CC[C@]3(C)[C@@]2(O)[C@@H]1C. The second-order valence-electron chi connectivity index (χ2n) is 22.3. The van der Waals surface area contributed by atoms with Gasteiger partial charge in [-0.3, -0.25) is 4.79 Å². The largest absolute Gasteiger partial charge is 0.466 e. The van der Waals surface area contributed by atoms with Crippen molar-refractivity contribution in [1.82, 2.24) is 0 Å². The Morgan fingerprint density at radius 2 is 1.37 bits per heavy atom. The summed E-state index contributed by atoms with van der Waals surface area (Å²) in [6.07, 6.45) is -16.3. The molecule has 0 radical (unpaired) electrons. The van der Waals surface area contributed by atoms with E-state index >= 15 is 0 Å². The van der Waals surface area contributed by atoms with Gasteiger partial charge in [-0.25, -0.2) is 0 Å². The smallest absolute Gasteiger partial charge is 0.302 e. The number of fused-ring (bicyclic) bond motifs is 7. The number of carbonyl (C=O) groups excluding carboxylic acids is 1. The van der Waals surface area contributed by atoms with Crippen molar-refractivity contribution in [3.63, 3.8) is 0 Å². The van der Waals surface area contributed by atoms with Crippen LogP contribution in [0.1, 0.15) is 106 Å². The zero-order valence-corrected chi connectivity index (χ0v) is 40.5. The molecule has 20 nitrogen and oxygen atoms in total. The maximum Gasteiger partial charge on any atom is 0.302 e. The van der Waals surface area contributed by atoms with Crippen LogP contribution >= 0.6 is 0 Å². The van der Waals surface area contributed by atoms with E-state index in [0.717, 1.165) is 38.5 Å². The molecule has 8 rings (SSSR count). The lowest BCUT2D eigenvalue weighted by atomic mass is 9.44. The van der Waals surface area contributed by atoms with Crippen LogP contribution in [0, 0.1) is 46.3 Å². The van der Waals surface area contributed by atoms with Crippen LogP contribution in [0.15, 0.2) is 0 Å². The predicted molar refractivity (Wildman–Crippen MR) is 233 cm³/mol. The highest BCUT2D eigenvalue weighted by atomic mass is 16.8. The molecular formula is C48H80O20. The molecule has 10 N–H and O–H groups in total. The molecule has 0 aromatic rings. The monoisotopic (exact) mass is 977 g/mol. The van der Waals surface area contributed by atoms with Crippen molar-refractivity contribution in [3.05, 3.63) is 0 Å². The fraction of sp³-hybridized carbons (Fsp3) is 0.979. The quantitative estimate of drug-likeness (QED) is 0.0782. The first-order valence-corrected chi connectivity index (χ1v) is 25.1. The first kappa shape index (κ1) is 53.1. The van der Waals surface area contributed by atoms with Gasteiger partial charge in [0, 0.05) is 31.8 Å². The summed E-state index contributed by atoms with van der Waals surface area (Å²) in [4.78, 5) is 11.4. The van der Waals surface area contributed by atoms with Crippen molar-refractivity contribution in [3.8, 4) is 0 Å². The van der Waals surface area contributed by atoms with E-state index in [-0.39, 0.29) is 41.2 Å². The Morgan fingerprint density at radius 1 is 0.721 bits per heavy atom. The second-order valence-corrected chi connectivity index (χ2v) is 22.3. The van der Waals surface area contributed by atoms with Gasteiger partial charge in [0.1, 0.15) is 72.7 Å². The van der Waals surface area contributed by atoms with Crippen LogP contribution in [-0.4, -0.2) is 200 Å². The van der Waals surface area contributed by atoms with Gasteiger partial charge in [0.25, 0.3) is 0 Å². The van der Waals surface area contributed by atoms with Crippen molar-refractivity contribution in [1.29, 1.82) is 0 Å². The van der Waals surface area contributed by atoms with Crippen LogP contribution in [0.4, 0.5) is 0 Å². The number of esters is 1. The summed E-state index contributed by atoms with van der Waals surface area (Å²) in [6.45, 7) is 10.5. The Bertz CT molecular complexity index is 1730. The number of rotatable bonds is 14. The highest BCUT2D eigenvalue weighted by Crippen LogP contribution is 2.72. The van der Waals surface area contributed by atoms with Crippen LogP contribution in [0.5, 0.6) is 0 Å². The van der Waals surface area contributed by atoms with Gasteiger partial charge in [0.15, 0.2) is 24.7 Å². The van der Waals surface area contributed by atoms with E-state index in [1.54, 1.807) is 7.11 Å². The number of hydrogen-bond donors (Lipinski definition) is 10. The highest BCUT2D eigenvalue weighted by molar-refractivity contribution is 5.65. The van der Waals surface area contributed by atoms with Gasteiger partial charge in [-0.05, 0) is 99.7 Å². The first-order valence-electron chi connectivity index (χ1n) is 25.1. The average molecular weight is 977 g/mol. The highest BCUT2D eigenvalue weighted by Gasteiger charge is 2.76. The molecule has 0 aromatic heterocycles. The second kappa shape index (κ2) is 20.2. The third kappa shape index (κ3) is 8.92. The third-order valence-electron chi connectivity index (χ3n) is 18.8. The lowest BCUT2D eigenvalue weighted by Gasteiger charge is -2.62. The minimum atomic E-state index is -1.84. The van der Waals surface area contributed by atoms with Gasteiger partial charge in [-0.2, -0.15) is 0 Å². The van der Waals surface area contributed by atoms with E-state index < -0.39 is 128 Å². The summed E-state index contributed by atoms with van der Waals surface area (Å²) in [6, 6.07) is 0. The number of methoxy groups -OCH3 is 1. The van der Waals surface area contributed by atoms with Crippen molar-refractivity contribution >= 4 is 5.97 Å². The lowest BCUT2D eigenvalue weighted by molar-refractivity contribution is -0.390. The number of ether oxygens (including phenoxy) is 9. The minimum absolute atomic E-state index is 0.0424. The van der Waals surface area contributed by atoms with Gasteiger partial charge < -0.3 is 93.7 Å². The molecular weight excluding hydrogens is 897 g/mol. The first-order chi connectivity index (χ1) is 32.1. The normalized spacial score (nSPS) is 54.0. The van der Waals surface area contributed by atoms with Crippen molar-refractivity contribution < 1.29 is 98.5 Å². The fourth-order valence-electron chi connectivity index (χ4n) is 14.6. The summed E-state index contributed by atoms with van der Waals surface area (Å²) in [5.41, 5.74) is -1.53. The van der Waals surface area contributed by atoms with E-state index in [1.165, 1.54) is 13.8 Å². The molecule has 68 heavy (non-hydrogen) atoms. The van der Waals surface area contributed by atoms with Gasteiger partial charge in [0.2, 0.25) is 0 Å². The van der Waals surface area contributed by atoms with Gasteiger partial charge >= 0.3 is 5.97 Å². The Hall–Kier alpha value is -1.25. The molecule has 5 unspecified atom stereocenters. The van der Waals surface area contributed by atoms with E-state index in [4.69, 9.17) is 42.6 Å². The summed E-state index contributed by atoms with van der Waals surface area (Å²) < 4.78 is 54.8. The third-order valence-corrected chi connectivity index (χ3v) is 18.8. The van der Waals surface area contributed by atoms with Crippen LogP contribution < -0.4 is 0 Å². The van der Waals surface area contributed by atoms with Crippen molar-refractivity contribution in [2.45, 2.75) is 221 Å². The number of aliphatic hydroxyl groups is 10. The molecule has 0 spiro atoms. The maximum absolute atomic E-state index is 13.0. The molecule has 4 aliphatic carbocycles. The summed E-state index contributed by atoms with van der Waals surface area (Å²) in [7, 11) is 1.66. The molecule has 4 saturated carbocycles. The van der Waals surface area contributed by atoms with Crippen molar-refractivity contribution in [2.24, 2.45) is 46.3 Å². The number of carbonyl (C=O) groups is 1. The predicted octanol–water partition coefficient (Wildman–Crippen LogP) is -0.412. The summed E-state index contributed by atoms with van der Waals surface area (Å²) >= 11 is 0. The Morgan fingerprint density at radius 3 is 2.03 bits per heavy atom. The molecule has 8 fully saturated rings. The van der Waals surface area contributed by atoms with Crippen LogP contribution in [0.25, 0.3) is 0 Å². The molecule has 392 valence electrons. The summed E-state index contributed by atoms with van der Waals surface area (Å²) in [5.74, 6) is -0.204. The van der Waals surface area contributed by atoms with E-state index in [1.807, 2.05) is 6.92 Å². The lowest BCUT2D eigenvalue weighted by Crippen LogP contribution is -2.67. The molecule has 0 amide bonds. The Kier molecular flexibility index (Phi) is 15.8. The van der Waals surface area contributed by atoms with Gasteiger partial charge in [-0.1, -0.05) is 27.7 Å². The molecule has 27 atom stereocenters. The van der Waals surface area contributed by atoms with Gasteiger partial charge in [0.05, 0.1) is 38.1 Å². The van der Waals surface area contributed by atoms with Crippen LogP contribution in [0.2, 0.25) is 0 Å². The molecule has 8 aliphatic rings. The van der Waals surface area contributed by atoms with E-state index in [9.17, 15) is 55.9 Å². The topological polar surface area (TPSA) is 302 Å². The zero-order chi connectivity index (χ0) is 49.4. The average Bonchev–Trinajstić information content (AvgIpc) is 3.68. The molecule has 4 aliphatic heterocycles. The minimum Gasteiger partial charge on any atom is -0.466 e. The van der Waals surface area contributed by atoms with E-state index in [0.29, 0.717) is 44.1 Å². The molecule has 4 heterocycles. The van der Waals surface area contributed by atoms with E-state index in [2.05, 4.69) is 20.8 Å². The standard InChI is InChI=1S/C48H80O20/c1-21(20-61-24(4)51)10-15-47(60-7)23(3)48(59)32(68-47)17-29-27-9-8-25-16-26(11-13-45(25,5)28(27)12-14-46(29,48)6)63-44-41(67-42-37(56)35(54)33(52)22(2)62-42)39(58)40(31(19-50)65-44)66-43-38(57)36(55)34(53)30(18-49)64-43/h21-23,25-44,49-50,52-59H,8-20H2,1-7H3/t21-,22+,23-,25?,26+,27?,28?,29?,30-,31-,32?,33+,34-,35-,36+,37-,38-,39+,40-,41-,42+,43+,44-,45+,46+,47-,48-/m1/s1. The van der Waals surface area contributed by atoms with Crippen molar-refractivity contribution in [2.75, 3.05) is 26.9 Å². The Balaban J connectivity index is 0.961. The summed E-state index contributed by atoms with van der Waals surface area (Å²) in [5, 5.41) is 109. The number of hydrogen-bond acceptors (Lipinski definition) is 20. The molecule has 0 aromatic carbocycles. The molecule has 20 heteroatoms. The fourth-order valence-corrected chi connectivity index (χ4v) is 14.6. The van der Waals surface area contributed by atoms with Gasteiger partial charge in [-0.15, -0.1) is 0 Å². The molecule has 4 saturated heterocycles. The van der Waals surface area contributed by atoms with Crippen LogP contribution in [-0.2, 0) is 47.4 Å².